The molecule has 0 heterocycles. The third kappa shape index (κ3) is 5.47. The molecule has 0 bridgehead atoms. The van der Waals surface area contributed by atoms with Crippen LogP contribution < -0.4 is 14.2 Å². The van der Waals surface area contributed by atoms with Crippen molar-refractivity contribution in [1.29, 1.82) is 0 Å². The second-order valence-corrected chi connectivity index (χ2v) is 7.45. The summed E-state index contributed by atoms with van der Waals surface area (Å²) in [5, 5.41) is 0. The Kier molecular flexibility index (Phi) is 7.44. The summed E-state index contributed by atoms with van der Waals surface area (Å²) in [5.41, 5.74) is 0.459. The number of benzene rings is 1. The summed E-state index contributed by atoms with van der Waals surface area (Å²) in [4.78, 5) is 11.2. The molecule has 1 atom stereocenters. The van der Waals surface area contributed by atoms with Gasteiger partial charge in [-0.05, 0) is 36.6 Å². The quantitative estimate of drug-likeness (QED) is 0.556. The van der Waals surface area contributed by atoms with Crippen molar-refractivity contribution >= 4 is 22.1 Å². The van der Waals surface area contributed by atoms with Crippen molar-refractivity contribution in [3.05, 3.63) is 23.8 Å². The molecule has 0 unspecified atom stereocenters. The highest BCUT2D eigenvalue weighted by molar-refractivity contribution is 7.89. The highest BCUT2D eigenvalue weighted by Gasteiger charge is 2.26. The molecule has 0 aliphatic rings. The number of methoxy groups -OCH3 is 3. The topological polar surface area (TPSA) is 90.9 Å². The molecule has 0 spiro atoms. The van der Waals surface area contributed by atoms with E-state index in [4.69, 9.17) is 9.47 Å². The molecule has 1 aromatic carbocycles. The average molecular weight is 371 g/mol. The van der Waals surface area contributed by atoms with Gasteiger partial charge in [-0.15, -0.1) is 0 Å². The first kappa shape index (κ1) is 21.0. The molecule has 0 amide bonds. The van der Waals surface area contributed by atoms with Gasteiger partial charge in [0.05, 0.1) is 21.3 Å². The van der Waals surface area contributed by atoms with E-state index in [2.05, 4.69) is 9.46 Å². The maximum absolute atomic E-state index is 12.8. The van der Waals surface area contributed by atoms with Crippen LogP contribution in [0.4, 0.5) is 0 Å². The fourth-order valence-electron chi connectivity index (χ4n) is 1.92. The summed E-state index contributed by atoms with van der Waals surface area (Å²) in [6.07, 6.45) is 2.64. The first-order valence-electron chi connectivity index (χ1n) is 7.70. The van der Waals surface area contributed by atoms with Crippen molar-refractivity contribution in [3.63, 3.8) is 0 Å². The van der Waals surface area contributed by atoms with Crippen molar-refractivity contribution < 1.29 is 27.4 Å². The van der Waals surface area contributed by atoms with E-state index in [1.54, 1.807) is 13.0 Å². The van der Waals surface area contributed by atoms with Gasteiger partial charge in [-0.1, -0.05) is 13.8 Å². The lowest BCUT2D eigenvalue weighted by Gasteiger charge is -2.20. The molecule has 0 radical (unpaired) electrons. The molecule has 0 saturated heterocycles. The molecule has 1 N–H and O–H groups in total. The molecule has 0 saturated carbocycles. The zero-order valence-corrected chi connectivity index (χ0v) is 16.1. The fraction of sp³-hybridized carbons (Fsp3) is 0.471. The molecule has 8 heteroatoms. The van der Waals surface area contributed by atoms with Crippen LogP contribution in [-0.2, 0) is 19.6 Å². The monoisotopic (exact) mass is 371 g/mol. The largest absolute Gasteiger partial charge is 0.493 e. The Morgan fingerprint density at radius 3 is 2.24 bits per heavy atom. The first-order valence-corrected chi connectivity index (χ1v) is 9.19. The Balaban J connectivity index is 3.45. The molecule has 0 aliphatic carbocycles. The van der Waals surface area contributed by atoms with Crippen molar-refractivity contribution in [2.24, 2.45) is 5.92 Å². The van der Waals surface area contributed by atoms with Gasteiger partial charge in [-0.2, -0.15) is 0 Å². The van der Waals surface area contributed by atoms with Gasteiger partial charge in [0.15, 0.2) is 11.5 Å². The lowest BCUT2D eigenvalue weighted by molar-refractivity contribution is -0.134. The Labute approximate surface area is 149 Å². The SMILES string of the molecule is COC(=O)/C=C\c1cc(OC)c(OC)c(S(=O)(=O)N[C@@H](C)C(C)C)c1. The minimum Gasteiger partial charge on any atom is -0.493 e. The van der Waals surface area contributed by atoms with Crippen LogP contribution in [0.1, 0.15) is 26.3 Å². The molecule has 1 rings (SSSR count). The van der Waals surface area contributed by atoms with Crippen molar-refractivity contribution in [2.75, 3.05) is 21.3 Å². The number of sulfonamides is 1. The average Bonchev–Trinajstić information content (AvgIpc) is 2.57. The van der Waals surface area contributed by atoms with Crippen molar-refractivity contribution in [1.82, 2.24) is 4.72 Å². The summed E-state index contributed by atoms with van der Waals surface area (Å²) in [6, 6.07) is 2.72. The van der Waals surface area contributed by atoms with Crippen LogP contribution in [0.15, 0.2) is 23.1 Å². The Morgan fingerprint density at radius 1 is 1.12 bits per heavy atom. The van der Waals surface area contributed by atoms with Crippen LogP contribution in [0.3, 0.4) is 0 Å². The fourth-order valence-corrected chi connectivity index (χ4v) is 3.53. The number of rotatable bonds is 8. The number of carbonyl (C=O) groups excluding carboxylic acids is 1. The minimum absolute atomic E-state index is 0.0636. The number of hydrogen-bond donors (Lipinski definition) is 1. The van der Waals surface area contributed by atoms with E-state index >= 15 is 0 Å². The van der Waals surface area contributed by atoms with Gasteiger partial charge in [-0.3, -0.25) is 0 Å². The third-order valence-electron chi connectivity index (χ3n) is 3.71. The highest BCUT2D eigenvalue weighted by atomic mass is 32.2. The standard InChI is InChI=1S/C17H25NO6S/c1-11(2)12(3)18-25(20,21)15-10-13(7-8-16(19)23-5)9-14(22-4)17(15)24-6/h7-12,18H,1-6H3/b8-7-/t12-/m0/s1. The Morgan fingerprint density at radius 2 is 1.76 bits per heavy atom. The van der Waals surface area contributed by atoms with Crippen LogP contribution in [0.2, 0.25) is 0 Å². The van der Waals surface area contributed by atoms with Crippen LogP contribution in [-0.4, -0.2) is 41.8 Å². The summed E-state index contributed by atoms with van der Waals surface area (Å²) in [5.74, 6) is -0.0934. The zero-order valence-electron chi connectivity index (χ0n) is 15.3. The van der Waals surface area contributed by atoms with E-state index in [-0.39, 0.29) is 28.4 Å². The highest BCUT2D eigenvalue weighted by Crippen LogP contribution is 2.36. The van der Waals surface area contributed by atoms with Gasteiger partial charge < -0.3 is 14.2 Å². The normalized spacial score (nSPS) is 13.1. The van der Waals surface area contributed by atoms with E-state index in [0.717, 1.165) is 0 Å². The Hall–Kier alpha value is -2.06. The molecule has 0 fully saturated rings. The van der Waals surface area contributed by atoms with E-state index in [1.165, 1.54) is 39.5 Å². The number of carbonyl (C=O) groups is 1. The maximum Gasteiger partial charge on any atom is 0.330 e. The zero-order chi connectivity index (χ0) is 19.2. The van der Waals surface area contributed by atoms with Crippen molar-refractivity contribution in [3.8, 4) is 11.5 Å². The Bertz CT molecular complexity index is 740. The predicted octanol–water partition coefficient (Wildman–Crippen LogP) is 2.21. The molecule has 1 aromatic rings. The van der Waals surface area contributed by atoms with Gasteiger partial charge in [0, 0.05) is 12.1 Å². The van der Waals surface area contributed by atoms with E-state index in [0.29, 0.717) is 5.56 Å². The molecule has 0 aliphatic heterocycles. The first-order chi connectivity index (χ1) is 11.7. The number of nitrogens with one attached hydrogen (secondary N) is 1. The lowest BCUT2D eigenvalue weighted by atomic mass is 10.1. The molecule has 25 heavy (non-hydrogen) atoms. The van der Waals surface area contributed by atoms with Gasteiger partial charge in [0.2, 0.25) is 10.0 Å². The van der Waals surface area contributed by atoms with E-state index < -0.39 is 16.0 Å². The minimum atomic E-state index is -3.85. The van der Waals surface area contributed by atoms with Crippen molar-refractivity contribution in [2.45, 2.75) is 31.7 Å². The summed E-state index contributed by atoms with van der Waals surface area (Å²) in [6.45, 7) is 5.62. The molecule has 7 nitrogen and oxygen atoms in total. The molecular formula is C17H25NO6S. The van der Waals surface area contributed by atoms with Gasteiger partial charge in [0.1, 0.15) is 4.90 Å². The van der Waals surface area contributed by atoms with Gasteiger partial charge in [-0.25, -0.2) is 17.9 Å². The summed E-state index contributed by atoms with van der Waals surface area (Å²) >= 11 is 0. The third-order valence-corrected chi connectivity index (χ3v) is 5.28. The maximum atomic E-state index is 12.8. The van der Waals surface area contributed by atoms with Crippen LogP contribution in [0, 0.1) is 5.92 Å². The van der Waals surface area contributed by atoms with Crippen LogP contribution in [0.25, 0.3) is 6.08 Å². The van der Waals surface area contributed by atoms with Gasteiger partial charge >= 0.3 is 5.97 Å². The summed E-state index contributed by atoms with van der Waals surface area (Å²) < 4.78 is 43.2. The smallest absolute Gasteiger partial charge is 0.330 e. The van der Waals surface area contributed by atoms with E-state index in [1.807, 2.05) is 13.8 Å². The predicted molar refractivity (Wildman–Crippen MR) is 95.2 cm³/mol. The van der Waals surface area contributed by atoms with Crippen LogP contribution in [0.5, 0.6) is 11.5 Å². The molecule has 140 valence electrons. The number of esters is 1. The molecule has 0 aromatic heterocycles. The number of hydrogen-bond acceptors (Lipinski definition) is 6. The molecular weight excluding hydrogens is 346 g/mol. The van der Waals surface area contributed by atoms with E-state index in [9.17, 15) is 13.2 Å². The van der Waals surface area contributed by atoms with Crippen LogP contribution >= 0.6 is 0 Å². The number of ether oxygens (including phenoxy) is 3. The summed E-state index contributed by atoms with van der Waals surface area (Å²) in [7, 11) is 0.183. The second-order valence-electron chi connectivity index (χ2n) is 5.77. The lowest BCUT2D eigenvalue weighted by Crippen LogP contribution is -2.36. The van der Waals surface area contributed by atoms with Gasteiger partial charge in [0.25, 0.3) is 0 Å². The second kappa shape index (κ2) is 8.87.